The highest BCUT2D eigenvalue weighted by Crippen LogP contribution is 2.46. The van der Waals surface area contributed by atoms with E-state index in [1.807, 2.05) is 0 Å². The Morgan fingerprint density at radius 3 is 2.74 bits per heavy atom. The molecule has 8 nitrogen and oxygen atoms in total. The summed E-state index contributed by atoms with van der Waals surface area (Å²) in [5.41, 5.74) is -0.0905. The van der Waals surface area contributed by atoms with Gasteiger partial charge < -0.3 is 9.30 Å². The largest absolute Gasteiger partial charge is 0.487 e. The van der Waals surface area contributed by atoms with Gasteiger partial charge in [-0.05, 0) is 39.0 Å². The summed E-state index contributed by atoms with van der Waals surface area (Å²) in [6, 6.07) is 8.87. The van der Waals surface area contributed by atoms with Gasteiger partial charge in [0.1, 0.15) is 22.6 Å². The second kappa shape index (κ2) is 6.68. The van der Waals surface area contributed by atoms with Gasteiger partial charge in [0.15, 0.2) is 0 Å². The van der Waals surface area contributed by atoms with E-state index >= 15 is 0 Å². The number of fused-ring (bicyclic) bond motifs is 1. The third-order valence-electron chi connectivity index (χ3n) is 4.73. The zero-order valence-electron chi connectivity index (χ0n) is 15.1. The van der Waals surface area contributed by atoms with Crippen molar-refractivity contribution in [3.05, 3.63) is 63.8 Å². The van der Waals surface area contributed by atoms with Crippen LogP contribution in [0.15, 0.2) is 47.6 Å². The Kier molecular flexibility index (Phi) is 4.54. The molecule has 3 rings (SSSR count). The number of aromatic nitrogens is 1. The monoisotopic (exact) mass is 366 g/mol. The summed E-state index contributed by atoms with van der Waals surface area (Å²) in [5, 5.41) is 20.3. The summed E-state index contributed by atoms with van der Waals surface area (Å²) < 4.78 is 7.72. The molecule has 0 saturated carbocycles. The molecule has 138 valence electrons. The first-order chi connectivity index (χ1) is 12.8. The fourth-order valence-corrected chi connectivity index (χ4v) is 3.73. The normalized spacial score (nSPS) is 20.9. The number of pyridine rings is 1. The van der Waals surface area contributed by atoms with E-state index in [-0.39, 0.29) is 11.5 Å². The lowest BCUT2D eigenvalue weighted by atomic mass is 9.76. The van der Waals surface area contributed by atoms with Crippen LogP contribution in [0.25, 0.3) is 0 Å². The van der Waals surface area contributed by atoms with Gasteiger partial charge in [0.2, 0.25) is 6.19 Å². The van der Waals surface area contributed by atoms with E-state index in [1.165, 1.54) is 19.1 Å². The third kappa shape index (κ3) is 3.19. The summed E-state index contributed by atoms with van der Waals surface area (Å²) in [5.74, 6) is -0.291. The molecule has 8 heteroatoms. The summed E-state index contributed by atoms with van der Waals surface area (Å²) in [7, 11) is 0. The van der Waals surface area contributed by atoms with Crippen LogP contribution in [0, 0.1) is 27.5 Å². The summed E-state index contributed by atoms with van der Waals surface area (Å²) in [4.78, 5) is 27.2. The quantitative estimate of drug-likeness (QED) is 0.471. The van der Waals surface area contributed by atoms with Crippen LogP contribution in [0.1, 0.15) is 32.4 Å². The second-order valence-electron chi connectivity index (χ2n) is 6.90. The van der Waals surface area contributed by atoms with Gasteiger partial charge in [0.25, 0.3) is 5.69 Å². The Labute approximate surface area is 155 Å². The van der Waals surface area contributed by atoms with Crippen LogP contribution >= 0.6 is 0 Å². The third-order valence-corrected chi connectivity index (χ3v) is 4.73. The predicted octanol–water partition coefficient (Wildman–Crippen LogP) is 2.74. The van der Waals surface area contributed by atoms with E-state index in [2.05, 4.69) is 4.99 Å². The Balaban J connectivity index is 2.37. The smallest absolute Gasteiger partial charge is 0.270 e. The van der Waals surface area contributed by atoms with E-state index in [0.717, 1.165) is 0 Å². The standard InChI is InChI=1S/C19H18N4O4/c1-12(24)17-18(22-9-5-4-6-16(22)21-11-20)14-10-13(23(25)26)7-8-15(14)27-19(17,2)3/h4-10,17-18H,1-3H3/t17-,18+/m0/s1. The SMILES string of the molecule is CC(=O)[C@H]1[C@H](n2ccccc2=NC#N)c2cc([N+](=O)[O-])ccc2OC1(C)C. The number of carbonyl (C=O) groups is 1. The van der Waals surface area contributed by atoms with Crippen LogP contribution in [0.3, 0.4) is 0 Å². The lowest BCUT2D eigenvalue weighted by Gasteiger charge is -2.44. The van der Waals surface area contributed by atoms with E-state index in [0.29, 0.717) is 16.8 Å². The topological polar surface area (TPSA) is 111 Å². The number of ether oxygens (including phenoxy) is 1. The molecule has 0 fully saturated rings. The van der Waals surface area contributed by atoms with Crippen molar-refractivity contribution in [1.82, 2.24) is 4.57 Å². The first kappa shape index (κ1) is 18.3. The summed E-state index contributed by atoms with van der Waals surface area (Å²) in [6.45, 7) is 5.08. The Bertz CT molecular complexity index is 1030. The number of nitriles is 1. The highest BCUT2D eigenvalue weighted by molar-refractivity contribution is 5.81. The van der Waals surface area contributed by atoms with Gasteiger partial charge in [-0.2, -0.15) is 10.3 Å². The van der Waals surface area contributed by atoms with Crippen molar-refractivity contribution < 1.29 is 14.5 Å². The first-order valence-electron chi connectivity index (χ1n) is 8.34. The first-order valence-corrected chi connectivity index (χ1v) is 8.34. The molecule has 27 heavy (non-hydrogen) atoms. The van der Waals surface area contributed by atoms with Gasteiger partial charge in [-0.15, -0.1) is 0 Å². The Hall–Kier alpha value is -3.47. The predicted molar refractivity (Wildman–Crippen MR) is 95.7 cm³/mol. The van der Waals surface area contributed by atoms with Crippen molar-refractivity contribution in [3.63, 3.8) is 0 Å². The van der Waals surface area contributed by atoms with Crippen LogP contribution in [-0.4, -0.2) is 20.9 Å². The van der Waals surface area contributed by atoms with Gasteiger partial charge in [0.05, 0.1) is 16.9 Å². The van der Waals surface area contributed by atoms with Gasteiger partial charge in [-0.3, -0.25) is 14.9 Å². The van der Waals surface area contributed by atoms with E-state index in [4.69, 9.17) is 10.00 Å². The molecule has 1 aromatic heterocycles. The van der Waals surface area contributed by atoms with Crippen LogP contribution in [0.5, 0.6) is 5.75 Å². The zero-order chi connectivity index (χ0) is 19.8. The van der Waals surface area contributed by atoms with E-state index in [1.54, 1.807) is 55.1 Å². The number of nitro benzene ring substituents is 1. The minimum Gasteiger partial charge on any atom is -0.487 e. The lowest BCUT2D eigenvalue weighted by Crippen LogP contribution is -2.51. The van der Waals surface area contributed by atoms with Crippen molar-refractivity contribution in [3.8, 4) is 11.9 Å². The molecule has 1 aliphatic heterocycles. The van der Waals surface area contributed by atoms with Crippen LogP contribution < -0.4 is 10.2 Å². The number of non-ortho nitro benzene ring substituents is 1. The van der Waals surface area contributed by atoms with Gasteiger partial charge in [-0.1, -0.05) is 6.07 Å². The maximum Gasteiger partial charge on any atom is 0.270 e. The molecule has 0 unspecified atom stereocenters. The van der Waals surface area contributed by atoms with Gasteiger partial charge in [0, 0.05) is 23.9 Å². The van der Waals surface area contributed by atoms with Crippen molar-refractivity contribution >= 4 is 11.5 Å². The molecule has 2 heterocycles. The number of nitrogens with zero attached hydrogens (tertiary/aromatic N) is 4. The number of hydrogen-bond acceptors (Lipinski definition) is 6. The average Bonchev–Trinajstić information content (AvgIpc) is 2.60. The lowest BCUT2D eigenvalue weighted by molar-refractivity contribution is -0.385. The molecular formula is C19H18N4O4. The molecule has 1 aliphatic rings. The molecule has 0 N–H and O–H groups in total. The molecular weight excluding hydrogens is 348 g/mol. The Morgan fingerprint density at radius 1 is 1.37 bits per heavy atom. The van der Waals surface area contributed by atoms with E-state index < -0.39 is 22.5 Å². The van der Waals surface area contributed by atoms with Crippen LogP contribution in [-0.2, 0) is 4.79 Å². The maximum atomic E-state index is 12.6. The molecule has 0 spiro atoms. The highest BCUT2D eigenvalue weighted by atomic mass is 16.6. The summed E-state index contributed by atoms with van der Waals surface area (Å²) in [6.07, 6.45) is 3.47. The van der Waals surface area contributed by atoms with Crippen LogP contribution in [0.4, 0.5) is 5.69 Å². The molecule has 0 saturated heterocycles. The van der Waals surface area contributed by atoms with Crippen molar-refractivity contribution in [2.75, 3.05) is 0 Å². The molecule has 2 aromatic rings. The van der Waals surface area contributed by atoms with Crippen molar-refractivity contribution in [2.45, 2.75) is 32.4 Å². The second-order valence-corrected chi connectivity index (χ2v) is 6.90. The maximum absolute atomic E-state index is 12.6. The molecule has 1 aromatic carbocycles. The fourth-order valence-electron chi connectivity index (χ4n) is 3.73. The number of ketones is 1. The van der Waals surface area contributed by atoms with Crippen molar-refractivity contribution in [1.29, 1.82) is 5.26 Å². The molecule has 0 aliphatic carbocycles. The molecule has 0 radical (unpaired) electrons. The number of benzene rings is 1. The number of carbonyl (C=O) groups excluding carboxylic acids is 1. The minimum absolute atomic E-state index is 0.0975. The molecule has 0 bridgehead atoms. The molecule has 2 atom stereocenters. The zero-order valence-corrected chi connectivity index (χ0v) is 15.1. The average molecular weight is 366 g/mol. The number of Topliss-reactive ketones (excluding diaryl/α,β-unsaturated/α-hetero) is 1. The van der Waals surface area contributed by atoms with Crippen LogP contribution in [0.2, 0.25) is 0 Å². The van der Waals surface area contributed by atoms with Gasteiger partial charge >= 0.3 is 0 Å². The Morgan fingerprint density at radius 2 is 2.11 bits per heavy atom. The number of nitro groups is 1. The highest BCUT2D eigenvalue weighted by Gasteiger charge is 2.47. The molecule has 0 amide bonds. The summed E-state index contributed by atoms with van der Waals surface area (Å²) >= 11 is 0. The number of rotatable bonds is 3. The van der Waals surface area contributed by atoms with Gasteiger partial charge in [-0.25, -0.2) is 0 Å². The number of hydrogen-bond donors (Lipinski definition) is 0. The van der Waals surface area contributed by atoms with Crippen molar-refractivity contribution in [2.24, 2.45) is 10.9 Å². The minimum atomic E-state index is -0.855. The fraction of sp³-hybridized carbons (Fsp3) is 0.316. The van der Waals surface area contributed by atoms with E-state index in [9.17, 15) is 14.9 Å².